The topological polar surface area (TPSA) is 91.2 Å². The number of halogens is 1. The molecule has 2 N–H and O–H groups in total. The molecule has 0 aliphatic rings. The fourth-order valence-electron chi connectivity index (χ4n) is 2.94. The number of carbonyl (C=O) groups is 1. The Morgan fingerprint density at radius 1 is 1.12 bits per heavy atom. The molecule has 0 spiro atoms. The van der Waals surface area contributed by atoms with Crippen molar-refractivity contribution in [3.05, 3.63) is 90.3 Å². The van der Waals surface area contributed by atoms with Gasteiger partial charge in [-0.15, -0.1) is 0 Å². The lowest BCUT2D eigenvalue weighted by Crippen LogP contribution is -2.30. The summed E-state index contributed by atoms with van der Waals surface area (Å²) in [6.07, 6.45) is 3.84. The third-order valence-electron chi connectivity index (χ3n) is 4.67. The van der Waals surface area contributed by atoms with E-state index in [0.29, 0.717) is 10.7 Å². The molecule has 1 amide bonds. The van der Waals surface area contributed by atoms with Crippen molar-refractivity contribution in [3.8, 4) is 0 Å². The molecule has 1 atom stereocenters. The standard InChI is InChI=1S/C23H20FN5O2S2/c1-29(18-9-5-6-11-25-18)23-28-14-19(33-23)32-17-10-12-26-21(20(17)24)22(31)27-13-16(30)15-7-3-2-4-8-15/h2-12,14,16,30H,13H2,1H3,(H,27,31). The average Bonchev–Trinajstić information content (AvgIpc) is 3.32. The van der Waals surface area contributed by atoms with Gasteiger partial charge in [0, 0.05) is 26.0 Å². The number of hydrogen-bond acceptors (Lipinski definition) is 8. The van der Waals surface area contributed by atoms with Crippen LogP contribution in [-0.4, -0.2) is 39.6 Å². The fourth-order valence-corrected chi connectivity index (χ4v) is 4.86. The molecular weight excluding hydrogens is 461 g/mol. The number of hydrogen-bond donors (Lipinski definition) is 2. The minimum Gasteiger partial charge on any atom is -0.387 e. The van der Waals surface area contributed by atoms with Crippen LogP contribution in [0.4, 0.5) is 15.3 Å². The van der Waals surface area contributed by atoms with E-state index < -0.39 is 17.8 Å². The summed E-state index contributed by atoms with van der Waals surface area (Å²) in [6, 6.07) is 16.0. The Labute approximate surface area is 198 Å². The lowest BCUT2D eigenvalue weighted by molar-refractivity contribution is 0.0906. The second-order valence-electron chi connectivity index (χ2n) is 6.92. The maximum Gasteiger partial charge on any atom is 0.273 e. The molecule has 7 nitrogen and oxygen atoms in total. The van der Waals surface area contributed by atoms with Gasteiger partial charge in [0.2, 0.25) is 0 Å². The highest BCUT2D eigenvalue weighted by Crippen LogP contribution is 2.37. The molecule has 0 fully saturated rings. The van der Waals surface area contributed by atoms with E-state index >= 15 is 4.39 Å². The number of carbonyl (C=O) groups excluding carboxylic acids is 1. The maximum absolute atomic E-state index is 15.0. The summed E-state index contributed by atoms with van der Waals surface area (Å²) in [6.45, 7) is -0.0562. The third-order valence-corrected chi connectivity index (χ3v) is 6.88. The fraction of sp³-hybridized carbons (Fsp3) is 0.130. The van der Waals surface area contributed by atoms with E-state index in [0.717, 1.165) is 10.0 Å². The lowest BCUT2D eigenvalue weighted by atomic mass is 10.1. The predicted octanol–water partition coefficient (Wildman–Crippen LogP) is 4.45. The predicted molar refractivity (Wildman–Crippen MR) is 126 cm³/mol. The number of benzene rings is 1. The van der Waals surface area contributed by atoms with Crippen LogP contribution in [-0.2, 0) is 0 Å². The zero-order valence-electron chi connectivity index (χ0n) is 17.6. The van der Waals surface area contributed by atoms with Gasteiger partial charge in [-0.3, -0.25) is 4.79 Å². The number of aliphatic hydroxyl groups excluding tert-OH is 1. The van der Waals surface area contributed by atoms with Gasteiger partial charge in [-0.05, 0) is 23.8 Å². The van der Waals surface area contributed by atoms with Gasteiger partial charge in [0.1, 0.15) is 5.82 Å². The van der Waals surface area contributed by atoms with E-state index in [-0.39, 0.29) is 17.1 Å². The minimum atomic E-state index is -0.900. The third kappa shape index (κ3) is 5.54. The molecule has 1 unspecified atom stereocenters. The first-order valence-corrected chi connectivity index (χ1v) is 11.6. The van der Waals surface area contributed by atoms with Crippen molar-refractivity contribution in [2.75, 3.05) is 18.5 Å². The Hall–Kier alpha value is -3.34. The van der Waals surface area contributed by atoms with Crippen molar-refractivity contribution >= 4 is 40.0 Å². The number of pyridine rings is 2. The zero-order chi connectivity index (χ0) is 23.2. The zero-order valence-corrected chi connectivity index (χ0v) is 19.2. The molecule has 4 aromatic rings. The normalized spacial score (nSPS) is 11.7. The van der Waals surface area contributed by atoms with Crippen LogP contribution < -0.4 is 10.2 Å². The first-order valence-electron chi connectivity index (χ1n) is 9.97. The molecule has 33 heavy (non-hydrogen) atoms. The maximum atomic E-state index is 15.0. The van der Waals surface area contributed by atoms with Crippen LogP contribution in [0.5, 0.6) is 0 Å². The molecule has 3 aromatic heterocycles. The highest BCUT2D eigenvalue weighted by Gasteiger charge is 2.20. The monoisotopic (exact) mass is 481 g/mol. The van der Waals surface area contributed by atoms with E-state index in [2.05, 4.69) is 20.3 Å². The van der Waals surface area contributed by atoms with Crippen LogP contribution in [0.25, 0.3) is 0 Å². The van der Waals surface area contributed by atoms with Crippen LogP contribution >= 0.6 is 23.1 Å². The molecule has 3 heterocycles. The van der Waals surface area contributed by atoms with E-state index in [9.17, 15) is 9.90 Å². The smallest absolute Gasteiger partial charge is 0.273 e. The Bertz CT molecular complexity index is 1220. The molecule has 0 aliphatic heterocycles. The number of rotatable bonds is 8. The van der Waals surface area contributed by atoms with Crippen LogP contribution in [0.1, 0.15) is 22.2 Å². The number of nitrogens with one attached hydrogen (secondary N) is 1. The van der Waals surface area contributed by atoms with Gasteiger partial charge in [-0.2, -0.15) is 0 Å². The van der Waals surface area contributed by atoms with Crippen molar-refractivity contribution in [1.29, 1.82) is 0 Å². The van der Waals surface area contributed by atoms with Gasteiger partial charge in [-0.25, -0.2) is 19.3 Å². The summed E-state index contributed by atoms with van der Waals surface area (Å²) in [7, 11) is 1.86. The van der Waals surface area contributed by atoms with Crippen molar-refractivity contribution < 1.29 is 14.3 Å². The Morgan fingerprint density at radius 2 is 1.91 bits per heavy atom. The number of anilines is 2. The molecule has 0 saturated carbocycles. The lowest BCUT2D eigenvalue weighted by Gasteiger charge is -2.13. The highest BCUT2D eigenvalue weighted by molar-refractivity contribution is 8.01. The summed E-state index contributed by atoms with van der Waals surface area (Å²) in [5.74, 6) is -0.665. The van der Waals surface area contributed by atoms with Crippen LogP contribution in [0, 0.1) is 5.82 Å². The number of aromatic nitrogens is 3. The molecule has 4 rings (SSSR count). The van der Waals surface area contributed by atoms with E-state index in [4.69, 9.17) is 0 Å². The summed E-state index contributed by atoms with van der Waals surface area (Å²) in [5, 5.41) is 13.5. The molecule has 1 aromatic carbocycles. The van der Waals surface area contributed by atoms with Gasteiger partial charge < -0.3 is 15.3 Å². The number of aliphatic hydroxyl groups is 1. The van der Waals surface area contributed by atoms with Gasteiger partial charge in [0.05, 0.1) is 21.4 Å². The first kappa shape index (κ1) is 22.8. The second kappa shape index (κ2) is 10.5. The van der Waals surface area contributed by atoms with Crippen molar-refractivity contribution in [2.45, 2.75) is 15.2 Å². The average molecular weight is 482 g/mol. The summed E-state index contributed by atoms with van der Waals surface area (Å²) >= 11 is 2.55. The largest absolute Gasteiger partial charge is 0.387 e. The molecule has 0 radical (unpaired) electrons. The quantitative estimate of drug-likeness (QED) is 0.384. The number of amides is 1. The van der Waals surface area contributed by atoms with Gasteiger partial charge in [0.25, 0.3) is 5.91 Å². The Balaban J connectivity index is 1.43. The molecule has 0 aliphatic carbocycles. The van der Waals surface area contributed by atoms with Crippen LogP contribution in [0.15, 0.2) is 82.3 Å². The van der Waals surface area contributed by atoms with Crippen molar-refractivity contribution in [1.82, 2.24) is 20.3 Å². The Morgan fingerprint density at radius 3 is 2.67 bits per heavy atom. The molecule has 168 valence electrons. The van der Waals surface area contributed by atoms with Gasteiger partial charge in [0.15, 0.2) is 16.6 Å². The Kier molecular flexibility index (Phi) is 7.28. The SMILES string of the molecule is CN(c1ccccn1)c1ncc(Sc2ccnc(C(=O)NCC(O)c3ccccc3)c2F)s1. The van der Waals surface area contributed by atoms with E-state index in [1.807, 2.05) is 36.2 Å². The summed E-state index contributed by atoms with van der Waals surface area (Å²) in [4.78, 5) is 27.2. The van der Waals surface area contributed by atoms with Crippen molar-refractivity contribution in [2.24, 2.45) is 0 Å². The molecule has 0 bridgehead atoms. The summed E-state index contributed by atoms with van der Waals surface area (Å²) in [5.41, 5.74) is 0.336. The van der Waals surface area contributed by atoms with Crippen LogP contribution in [0.3, 0.4) is 0 Å². The highest BCUT2D eigenvalue weighted by atomic mass is 32.2. The first-order chi connectivity index (χ1) is 16.0. The molecular formula is C23H20FN5O2S2. The van der Waals surface area contributed by atoms with Gasteiger partial charge >= 0.3 is 0 Å². The number of nitrogens with zero attached hydrogens (tertiary/aromatic N) is 4. The van der Waals surface area contributed by atoms with Crippen LogP contribution in [0.2, 0.25) is 0 Å². The van der Waals surface area contributed by atoms with Crippen molar-refractivity contribution in [3.63, 3.8) is 0 Å². The summed E-state index contributed by atoms with van der Waals surface area (Å²) < 4.78 is 15.8. The second-order valence-corrected chi connectivity index (χ2v) is 9.27. The van der Waals surface area contributed by atoms with Gasteiger partial charge in [-0.1, -0.05) is 59.5 Å². The van der Waals surface area contributed by atoms with E-state index in [1.165, 1.54) is 35.4 Å². The molecule has 0 saturated heterocycles. The van der Waals surface area contributed by atoms with E-state index in [1.54, 1.807) is 36.7 Å². The molecule has 10 heteroatoms. The number of thiazole rings is 1. The minimum absolute atomic E-state index is 0.0562.